The lowest BCUT2D eigenvalue weighted by Gasteiger charge is -2.17. The second kappa shape index (κ2) is 6.46. The van der Waals surface area contributed by atoms with Crippen molar-refractivity contribution in [3.63, 3.8) is 0 Å². The maximum Gasteiger partial charge on any atom is 0.234 e. The molecule has 1 N–H and O–H groups in total. The number of hydrogen-bond acceptors (Lipinski definition) is 2. The van der Waals surface area contributed by atoms with Gasteiger partial charge in [0.15, 0.2) is 0 Å². The van der Waals surface area contributed by atoms with E-state index in [1.807, 2.05) is 60.7 Å². The Morgan fingerprint density at radius 1 is 0.955 bits per heavy atom. The molecule has 0 radical (unpaired) electrons. The van der Waals surface area contributed by atoms with Crippen molar-refractivity contribution in [3.8, 4) is 0 Å². The minimum absolute atomic E-state index is 0.133. The molecule has 4 heteroatoms. The average Bonchev–Trinajstić information content (AvgIpc) is 3.38. The van der Waals surface area contributed by atoms with E-state index in [9.17, 15) is 8.42 Å². The van der Waals surface area contributed by atoms with Crippen molar-refractivity contribution in [2.24, 2.45) is 5.92 Å². The third-order valence-corrected chi connectivity index (χ3v) is 4.86. The first kappa shape index (κ1) is 15.0. The molecular weight excluding hydrogens is 294 g/mol. The number of nitrogens with one attached hydrogen (secondary N) is 1. The Labute approximate surface area is 131 Å². The second-order valence-electron chi connectivity index (χ2n) is 5.60. The molecule has 0 spiro atoms. The van der Waals surface area contributed by atoms with Crippen LogP contribution in [0, 0.1) is 5.92 Å². The molecule has 0 aromatic heterocycles. The molecule has 2 aromatic rings. The van der Waals surface area contributed by atoms with Gasteiger partial charge >= 0.3 is 0 Å². The topological polar surface area (TPSA) is 46.2 Å². The molecule has 0 aliphatic heterocycles. The van der Waals surface area contributed by atoms with E-state index < -0.39 is 10.0 Å². The number of benzene rings is 2. The van der Waals surface area contributed by atoms with E-state index in [4.69, 9.17) is 0 Å². The lowest BCUT2D eigenvalue weighted by atomic mass is 10.0. The minimum atomic E-state index is -3.46. The third kappa shape index (κ3) is 4.06. The van der Waals surface area contributed by atoms with Gasteiger partial charge in [0, 0.05) is 11.4 Å². The van der Waals surface area contributed by atoms with Crippen LogP contribution in [-0.4, -0.2) is 8.42 Å². The normalized spacial score (nSPS) is 16.7. The van der Waals surface area contributed by atoms with Crippen LogP contribution in [-0.2, 0) is 10.0 Å². The van der Waals surface area contributed by atoms with E-state index in [-0.39, 0.29) is 6.04 Å². The molecule has 1 fully saturated rings. The van der Waals surface area contributed by atoms with Crippen LogP contribution in [0.3, 0.4) is 0 Å². The zero-order chi connectivity index (χ0) is 15.4. The van der Waals surface area contributed by atoms with Gasteiger partial charge in [-0.3, -0.25) is 0 Å². The molecule has 0 amide bonds. The molecule has 1 aliphatic rings. The lowest BCUT2D eigenvalue weighted by Crippen LogP contribution is -2.28. The van der Waals surface area contributed by atoms with E-state index >= 15 is 0 Å². The van der Waals surface area contributed by atoms with Gasteiger partial charge in [-0.1, -0.05) is 60.7 Å². The van der Waals surface area contributed by atoms with Crippen LogP contribution in [0.1, 0.15) is 30.0 Å². The fourth-order valence-electron chi connectivity index (χ4n) is 2.47. The quantitative estimate of drug-likeness (QED) is 0.883. The third-order valence-electron chi connectivity index (χ3n) is 3.78. The highest BCUT2D eigenvalue weighted by Crippen LogP contribution is 2.41. The molecule has 0 saturated heterocycles. The molecule has 0 bridgehead atoms. The van der Waals surface area contributed by atoms with Crippen molar-refractivity contribution < 1.29 is 8.42 Å². The Balaban J connectivity index is 1.76. The van der Waals surface area contributed by atoms with Crippen molar-refractivity contribution >= 4 is 16.1 Å². The van der Waals surface area contributed by atoms with Gasteiger partial charge in [0.1, 0.15) is 0 Å². The Morgan fingerprint density at radius 2 is 1.55 bits per heavy atom. The average molecular weight is 313 g/mol. The summed E-state index contributed by atoms with van der Waals surface area (Å²) in [5.74, 6) is 0.405. The maximum absolute atomic E-state index is 12.3. The molecule has 1 saturated carbocycles. The Kier molecular flexibility index (Phi) is 4.41. The summed E-state index contributed by atoms with van der Waals surface area (Å²) in [6.45, 7) is 0. The SMILES string of the molecule is O=S(=O)(/C=C/c1ccccc1)NC(c1ccccc1)C1CC1. The summed E-state index contributed by atoms with van der Waals surface area (Å²) < 4.78 is 27.5. The van der Waals surface area contributed by atoms with Crippen LogP contribution in [0.5, 0.6) is 0 Å². The van der Waals surface area contributed by atoms with Gasteiger partial charge in [0.2, 0.25) is 10.0 Å². The second-order valence-corrected chi connectivity index (χ2v) is 7.20. The highest BCUT2D eigenvalue weighted by molar-refractivity contribution is 7.92. The summed E-state index contributed by atoms with van der Waals surface area (Å²) in [5, 5.41) is 1.25. The van der Waals surface area contributed by atoms with E-state index in [0.717, 1.165) is 24.0 Å². The number of hydrogen-bond donors (Lipinski definition) is 1. The van der Waals surface area contributed by atoms with Gasteiger partial charge in [0.05, 0.1) is 0 Å². The number of rotatable bonds is 6. The predicted octanol–water partition coefficient (Wildman–Crippen LogP) is 3.73. The molecule has 1 atom stereocenters. The van der Waals surface area contributed by atoms with Gasteiger partial charge in [-0.05, 0) is 36.0 Å². The zero-order valence-electron chi connectivity index (χ0n) is 12.2. The highest BCUT2D eigenvalue weighted by Gasteiger charge is 2.34. The summed E-state index contributed by atoms with van der Waals surface area (Å²) in [4.78, 5) is 0. The smallest absolute Gasteiger partial charge is 0.208 e. The minimum Gasteiger partial charge on any atom is -0.208 e. The largest absolute Gasteiger partial charge is 0.234 e. The van der Waals surface area contributed by atoms with Crippen LogP contribution >= 0.6 is 0 Å². The first-order valence-corrected chi connectivity index (χ1v) is 8.99. The summed E-state index contributed by atoms with van der Waals surface area (Å²) in [6.07, 6.45) is 3.77. The van der Waals surface area contributed by atoms with Crippen molar-refractivity contribution in [2.75, 3.05) is 0 Å². The van der Waals surface area contributed by atoms with Gasteiger partial charge < -0.3 is 0 Å². The summed E-state index contributed by atoms with van der Waals surface area (Å²) in [7, 11) is -3.46. The van der Waals surface area contributed by atoms with Crippen LogP contribution in [0.15, 0.2) is 66.1 Å². The van der Waals surface area contributed by atoms with E-state index in [1.54, 1.807) is 6.08 Å². The Hall–Kier alpha value is -1.91. The van der Waals surface area contributed by atoms with E-state index in [2.05, 4.69) is 4.72 Å². The summed E-state index contributed by atoms with van der Waals surface area (Å²) in [5.41, 5.74) is 1.90. The predicted molar refractivity (Wildman–Crippen MR) is 89.4 cm³/mol. The number of sulfonamides is 1. The first-order valence-electron chi connectivity index (χ1n) is 7.44. The highest BCUT2D eigenvalue weighted by atomic mass is 32.2. The van der Waals surface area contributed by atoms with Gasteiger partial charge in [-0.2, -0.15) is 0 Å². The van der Waals surface area contributed by atoms with Gasteiger partial charge in [0.25, 0.3) is 0 Å². The van der Waals surface area contributed by atoms with Crippen molar-refractivity contribution in [3.05, 3.63) is 77.2 Å². The molecule has 114 valence electrons. The van der Waals surface area contributed by atoms with Crippen LogP contribution in [0.2, 0.25) is 0 Å². The van der Waals surface area contributed by atoms with Crippen LogP contribution in [0.25, 0.3) is 6.08 Å². The molecular formula is C18H19NO2S. The monoisotopic (exact) mass is 313 g/mol. The zero-order valence-corrected chi connectivity index (χ0v) is 13.0. The molecule has 0 heterocycles. The molecule has 3 rings (SSSR count). The fraction of sp³-hybridized carbons (Fsp3) is 0.222. The summed E-state index contributed by atoms with van der Waals surface area (Å²) in [6, 6.07) is 19.1. The standard InChI is InChI=1S/C18H19NO2S/c20-22(21,14-13-15-7-3-1-4-8-15)19-18(17-11-12-17)16-9-5-2-6-10-16/h1-10,13-14,17-19H,11-12H2/b14-13+. The molecule has 1 unspecified atom stereocenters. The maximum atomic E-state index is 12.3. The Bertz CT molecular complexity index is 735. The van der Waals surface area contributed by atoms with Crippen LogP contribution < -0.4 is 4.72 Å². The fourth-order valence-corrected chi connectivity index (χ4v) is 3.57. The van der Waals surface area contributed by atoms with Crippen molar-refractivity contribution in [2.45, 2.75) is 18.9 Å². The first-order chi connectivity index (χ1) is 10.6. The van der Waals surface area contributed by atoms with E-state index in [0.29, 0.717) is 5.92 Å². The molecule has 3 nitrogen and oxygen atoms in total. The Morgan fingerprint density at radius 3 is 2.14 bits per heavy atom. The summed E-state index contributed by atoms with van der Waals surface area (Å²) >= 11 is 0. The van der Waals surface area contributed by atoms with Crippen LogP contribution in [0.4, 0.5) is 0 Å². The van der Waals surface area contributed by atoms with E-state index in [1.165, 1.54) is 5.41 Å². The van der Waals surface area contributed by atoms with Gasteiger partial charge in [-0.15, -0.1) is 0 Å². The van der Waals surface area contributed by atoms with Crippen molar-refractivity contribution in [1.29, 1.82) is 0 Å². The molecule has 22 heavy (non-hydrogen) atoms. The molecule has 1 aliphatic carbocycles. The van der Waals surface area contributed by atoms with Crippen molar-refractivity contribution in [1.82, 2.24) is 4.72 Å². The lowest BCUT2D eigenvalue weighted by molar-refractivity contribution is 0.536. The molecule has 2 aromatic carbocycles. The van der Waals surface area contributed by atoms with Gasteiger partial charge in [-0.25, -0.2) is 13.1 Å².